The molecule has 0 saturated carbocycles. The van der Waals surface area contributed by atoms with E-state index in [1.807, 2.05) is 80.7 Å². The van der Waals surface area contributed by atoms with Crippen LogP contribution >= 0.6 is 12.2 Å². The number of aromatic nitrogens is 1. The summed E-state index contributed by atoms with van der Waals surface area (Å²) in [6.07, 6.45) is 14.9. The van der Waals surface area contributed by atoms with Crippen LogP contribution in [0.2, 0.25) is 0 Å². The van der Waals surface area contributed by atoms with Gasteiger partial charge in [0.05, 0.1) is 29.8 Å². The number of hydrogen-bond acceptors (Lipinski definition) is 5. The first kappa shape index (κ1) is 30.4. The highest BCUT2D eigenvalue weighted by Gasteiger charge is 2.25. The summed E-state index contributed by atoms with van der Waals surface area (Å²) >= 11 is 5.56. The maximum absolute atomic E-state index is 12.3. The Kier molecular flexibility index (Phi) is 12.4. The van der Waals surface area contributed by atoms with Crippen molar-refractivity contribution in [2.45, 2.75) is 40.7 Å². The molecular weight excluding hydrogens is 474 g/mol. The number of hydrazone groups is 1. The SMILES string of the molecule is C#C.CC(=C\CC(C)(C)C(=O)NC/C=C/O)/C(C)=N/NC(=S)N(C)c1cccc2c1ccn2CCO. The smallest absolute Gasteiger partial charge is 0.226 e. The van der Waals surface area contributed by atoms with Crippen molar-refractivity contribution < 1.29 is 15.0 Å². The third-order valence-corrected chi connectivity index (χ3v) is 6.07. The molecule has 0 aliphatic heterocycles. The van der Waals surface area contributed by atoms with Crippen LogP contribution in [-0.2, 0) is 11.3 Å². The molecule has 4 N–H and O–H groups in total. The van der Waals surface area contributed by atoms with Crippen molar-refractivity contribution in [1.82, 2.24) is 15.3 Å². The molecule has 2 rings (SSSR count). The zero-order chi connectivity index (χ0) is 27.3. The number of hydrogen-bond donors (Lipinski definition) is 4. The molecule has 1 heterocycles. The summed E-state index contributed by atoms with van der Waals surface area (Å²) in [7, 11) is 1.88. The zero-order valence-corrected chi connectivity index (χ0v) is 22.5. The van der Waals surface area contributed by atoms with Crippen LogP contribution in [0.25, 0.3) is 10.9 Å². The predicted octanol–water partition coefficient (Wildman–Crippen LogP) is 4.12. The minimum atomic E-state index is -0.598. The van der Waals surface area contributed by atoms with Gasteiger partial charge in [-0.05, 0) is 62.3 Å². The van der Waals surface area contributed by atoms with Gasteiger partial charge in [-0.3, -0.25) is 10.2 Å². The molecule has 0 aliphatic rings. The van der Waals surface area contributed by atoms with Crippen molar-refractivity contribution in [3.63, 3.8) is 0 Å². The second-order valence-corrected chi connectivity index (χ2v) is 9.07. The van der Waals surface area contributed by atoms with E-state index in [0.29, 0.717) is 18.1 Å². The predicted molar refractivity (Wildman–Crippen MR) is 153 cm³/mol. The number of amides is 1. The second kappa shape index (κ2) is 14.7. The maximum atomic E-state index is 12.3. The molecule has 0 spiro atoms. The standard InChI is InChI=1S/C25H35N5O3S.C2H2/c1-18(10-12-25(3,4)23(33)26-13-7-16-31)19(2)27-28-24(34)29(5)21-8-6-9-22-20(21)11-14-30(22)15-17-32;1-2/h6-11,14,16,31-32H,12-13,15,17H2,1-5H3,(H,26,33)(H,28,34);1-2H/b16-7+,18-10+,27-19+;. The van der Waals surface area contributed by atoms with Crippen molar-refractivity contribution in [2.24, 2.45) is 10.5 Å². The average molecular weight is 512 g/mol. The Bertz CT molecular complexity index is 1140. The van der Waals surface area contributed by atoms with E-state index >= 15 is 0 Å². The minimum absolute atomic E-state index is 0.0770. The number of aliphatic hydroxyl groups excluding tert-OH is 2. The number of aliphatic hydroxyl groups is 2. The summed E-state index contributed by atoms with van der Waals surface area (Å²) in [5.74, 6) is -0.0906. The molecule has 1 aromatic heterocycles. The molecule has 36 heavy (non-hydrogen) atoms. The molecule has 1 aromatic carbocycles. The van der Waals surface area contributed by atoms with E-state index in [-0.39, 0.29) is 19.1 Å². The average Bonchev–Trinajstić information content (AvgIpc) is 3.29. The third-order valence-electron chi connectivity index (χ3n) is 5.71. The van der Waals surface area contributed by atoms with E-state index in [9.17, 15) is 9.90 Å². The Balaban J connectivity index is 0.00000316. The summed E-state index contributed by atoms with van der Waals surface area (Å²) in [6, 6.07) is 7.98. The van der Waals surface area contributed by atoms with Crippen LogP contribution in [-0.4, -0.2) is 51.7 Å². The molecule has 1 amide bonds. The van der Waals surface area contributed by atoms with Gasteiger partial charge in [0.25, 0.3) is 0 Å². The number of fused-ring (bicyclic) bond motifs is 1. The Morgan fingerprint density at radius 1 is 1.28 bits per heavy atom. The molecular formula is C27H37N5O3S. The molecule has 0 aliphatic carbocycles. The summed E-state index contributed by atoms with van der Waals surface area (Å²) in [5.41, 5.74) is 6.04. The highest BCUT2D eigenvalue weighted by atomic mass is 32.1. The van der Waals surface area contributed by atoms with E-state index in [1.165, 1.54) is 6.08 Å². The number of nitrogens with one attached hydrogen (secondary N) is 2. The Hall–Kier alpha value is -3.61. The normalized spacial score (nSPS) is 12.2. The molecule has 9 heteroatoms. The van der Waals surface area contributed by atoms with Crippen LogP contribution in [0.4, 0.5) is 5.69 Å². The number of terminal acetylenes is 1. The van der Waals surface area contributed by atoms with E-state index in [2.05, 4.69) is 28.7 Å². The fourth-order valence-electron chi connectivity index (χ4n) is 3.30. The monoisotopic (exact) mass is 511 g/mol. The van der Waals surface area contributed by atoms with Gasteiger partial charge in [0.2, 0.25) is 5.91 Å². The first-order valence-corrected chi connectivity index (χ1v) is 11.9. The molecule has 0 saturated heterocycles. The highest BCUT2D eigenvalue weighted by Crippen LogP contribution is 2.27. The van der Waals surface area contributed by atoms with Gasteiger partial charge in [0.1, 0.15) is 0 Å². The number of allylic oxidation sites excluding steroid dienone is 2. The number of thiocarbonyl (C=S) groups is 1. The number of rotatable bonds is 10. The molecule has 0 atom stereocenters. The van der Waals surface area contributed by atoms with Gasteiger partial charge in [-0.25, -0.2) is 0 Å². The topological polar surface area (TPSA) is 102 Å². The molecule has 0 radical (unpaired) electrons. The van der Waals surface area contributed by atoms with E-state index in [1.54, 1.807) is 0 Å². The van der Waals surface area contributed by atoms with Crippen molar-refractivity contribution in [1.29, 1.82) is 0 Å². The van der Waals surface area contributed by atoms with E-state index in [4.69, 9.17) is 17.3 Å². The zero-order valence-electron chi connectivity index (χ0n) is 21.7. The number of benzene rings is 1. The van der Waals surface area contributed by atoms with Crippen LogP contribution in [0, 0.1) is 18.3 Å². The number of carbonyl (C=O) groups is 1. The van der Waals surface area contributed by atoms with Crippen LogP contribution in [0.3, 0.4) is 0 Å². The van der Waals surface area contributed by atoms with E-state index in [0.717, 1.165) is 34.1 Å². The van der Waals surface area contributed by atoms with Gasteiger partial charge >= 0.3 is 0 Å². The first-order valence-electron chi connectivity index (χ1n) is 11.5. The molecule has 0 fully saturated rings. The largest absolute Gasteiger partial charge is 0.516 e. The van der Waals surface area contributed by atoms with Gasteiger partial charge in [-0.2, -0.15) is 5.10 Å². The van der Waals surface area contributed by atoms with Crippen molar-refractivity contribution in [3.05, 3.63) is 54.4 Å². The summed E-state index contributed by atoms with van der Waals surface area (Å²) in [4.78, 5) is 14.2. The number of anilines is 1. The fraction of sp³-hybridized carbons (Fsp3) is 0.370. The Morgan fingerprint density at radius 3 is 2.61 bits per heavy atom. The van der Waals surface area contributed by atoms with Gasteiger partial charge in [0.15, 0.2) is 5.11 Å². The molecule has 194 valence electrons. The second-order valence-electron chi connectivity index (χ2n) is 8.69. The van der Waals surface area contributed by atoms with Crippen LogP contribution < -0.4 is 15.6 Å². The summed E-state index contributed by atoms with van der Waals surface area (Å²) < 4.78 is 2.00. The Morgan fingerprint density at radius 2 is 1.97 bits per heavy atom. The summed E-state index contributed by atoms with van der Waals surface area (Å²) in [5, 5.41) is 26.7. The number of carbonyl (C=O) groups excluding carboxylic acids is 1. The van der Waals surface area contributed by atoms with Gasteiger partial charge < -0.3 is 25.0 Å². The Labute approximate surface area is 219 Å². The number of nitrogens with zero attached hydrogens (tertiary/aromatic N) is 3. The molecule has 8 nitrogen and oxygen atoms in total. The van der Waals surface area contributed by atoms with Gasteiger partial charge in [-0.15, -0.1) is 12.8 Å². The lowest BCUT2D eigenvalue weighted by molar-refractivity contribution is -0.128. The van der Waals surface area contributed by atoms with E-state index < -0.39 is 5.41 Å². The van der Waals surface area contributed by atoms with Crippen LogP contribution in [0.5, 0.6) is 0 Å². The molecule has 0 bridgehead atoms. The van der Waals surface area contributed by atoms with Gasteiger partial charge in [-0.1, -0.05) is 26.0 Å². The summed E-state index contributed by atoms with van der Waals surface area (Å²) in [6.45, 7) is 8.48. The van der Waals surface area contributed by atoms with Crippen molar-refractivity contribution in [2.75, 3.05) is 25.1 Å². The van der Waals surface area contributed by atoms with Crippen molar-refractivity contribution in [3.8, 4) is 12.8 Å². The molecule has 0 unspecified atom stereocenters. The highest BCUT2D eigenvalue weighted by molar-refractivity contribution is 7.80. The molecule has 2 aromatic rings. The quantitative estimate of drug-likeness (QED) is 0.126. The maximum Gasteiger partial charge on any atom is 0.226 e. The minimum Gasteiger partial charge on any atom is -0.516 e. The fourth-order valence-corrected chi connectivity index (χ4v) is 3.44. The lowest BCUT2D eigenvalue weighted by atomic mass is 9.87. The lowest BCUT2D eigenvalue weighted by Gasteiger charge is -2.22. The van der Waals surface area contributed by atoms with Crippen molar-refractivity contribution >= 4 is 45.5 Å². The lowest BCUT2D eigenvalue weighted by Crippen LogP contribution is -2.36. The first-order chi connectivity index (χ1) is 17.1. The van der Waals surface area contributed by atoms with Crippen LogP contribution in [0.1, 0.15) is 34.1 Å². The van der Waals surface area contributed by atoms with Crippen LogP contribution in [0.15, 0.2) is 59.6 Å². The third kappa shape index (κ3) is 8.26. The van der Waals surface area contributed by atoms with Gasteiger partial charge in [0, 0.05) is 37.1 Å².